The predicted molar refractivity (Wildman–Crippen MR) is 80.2 cm³/mol. The molecule has 1 fully saturated rings. The molecule has 0 N–H and O–H groups in total. The summed E-state index contributed by atoms with van der Waals surface area (Å²) in [5, 5.41) is 0.737. The van der Waals surface area contributed by atoms with E-state index in [-0.39, 0.29) is 5.91 Å². The Hall–Kier alpha value is -1.28. The Labute approximate surface area is 120 Å². The summed E-state index contributed by atoms with van der Waals surface area (Å²) >= 11 is 6.06. The monoisotopic (exact) mass is 277 g/mol. The summed E-state index contributed by atoms with van der Waals surface area (Å²) in [7, 11) is 0. The van der Waals surface area contributed by atoms with Gasteiger partial charge in [-0.25, -0.2) is 0 Å². The predicted octanol–water partition coefficient (Wildman–Crippen LogP) is 3.92. The Bertz CT molecular complexity index is 488. The summed E-state index contributed by atoms with van der Waals surface area (Å²) in [4.78, 5) is 14.0. The van der Waals surface area contributed by atoms with Gasteiger partial charge in [0.05, 0.1) is 0 Å². The fourth-order valence-corrected chi connectivity index (χ4v) is 2.40. The first-order valence-electron chi connectivity index (χ1n) is 6.79. The largest absolute Gasteiger partial charge is 0.339 e. The lowest BCUT2D eigenvalue weighted by Crippen LogP contribution is -2.36. The van der Waals surface area contributed by atoms with Crippen LogP contribution in [0.5, 0.6) is 0 Å². The molecule has 2 nitrogen and oxygen atoms in total. The Kier molecular flexibility index (Phi) is 4.65. The van der Waals surface area contributed by atoms with Crippen molar-refractivity contribution in [2.45, 2.75) is 26.7 Å². The average Bonchev–Trinajstić information content (AvgIpc) is 2.40. The Balaban J connectivity index is 1.98. The highest BCUT2D eigenvalue weighted by Crippen LogP contribution is 2.19. The van der Waals surface area contributed by atoms with Crippen molar-refractivity contribution in [1.82, 2.24) is 4.90 Å². The summed E-state index contributed by atoms with van der Waals surface area (Å²) in [5.74, 6) is 0.840. The van der Waals surface area contributed by atoms with E-state index in [0.717, 1.165) is 48.0 Å². The van der Waals surface area contributed by atoms with Crippen LogP contribution in [0.3, 0.4) is 0 Å². The van der Waals surface area contributed by atoms with Crippen molar-refractivity contribution < 1.29 is 4.79 Å². The maximum absolute atomic E-state index is 12.0. The first-order chi connectivity index (χ1) is 9.06. The van der Waals surface area contributed by atoms with Gasteiger partial charge in [-0.05, 0) is 49.0 Å². The van der Waals surface area contributed by atoms with Gasteiger partial charge in [0.2, 0.25) is 5.91 Å². The molecule has 1 aliphatic rings. The summed E-state index contributed by atoms with van der Waals surface area (Å²) < 4.78 is 0. The van der Waals surface area contributed by atoms with Crippen LogP contribution in [0.2, 0.25) is 5.02 Å². The summed E-state index contributed by atoms with van der Waals surface area (Å²) in [6, 6.07) is 5.83. The molecule has 1 aromatic carbocycles. The number of rotatable bonds is 2. The van der Waals surface area contributed by atoms with Gasteiger partial charge < -0.3 is 4.90 Å². The summed E-state index contributed by atoms with van der Waals surface area (Å²) in [5.41, 5.74) is 2.02. The highest BCUT2D eigenvalue weighted by atomic mass is 35.5. The minimum Gasteiger partial charge on any atom is -0.339 e. The number of amides is 1. The van der Waals surface area contributed by atoms with E-state index >= 15 is 0 Å². The molecule has 0 atom stereocenters. The second kappa shape index (κ2) is 6.25. The van der Waals surface area contributed by atoms with E-state index in [9.17, 15) is 4.79 Å². The number of benzene rings is 1. The van der Waals surface area contributed by atoms with Gasteiger partial charge >= 0.3 is 0 Å². The zero-order chi connectivity index (χ0) is 13.8. The molecule has 0 spiro atoms. The number of piperidine rings is 1. The van der Waals surface area contributed by atoms with Crippen LogP contribution in [0.15, 0.2) is 24.3 Å². The highest BCUT2D eigenvalue weighted by molar-refractivity contribution is 6.31. The van der Waals surface area contributed by atoms with Gasteiger partial charge in [-0.3, -0.25) is 4.79 Å². The van der Waals surface area contributed by atoms with Crippen LogP contribution >= 0.6 is 11.6 Å². The van der Waals surface area contributed by atoms with Gasteiger partial charge in [0.1, 0.15) is 0 Å². The molecule has 0 unspecified atom stereocenters. The van der Waals surface area contributed by atoms with Crippen LogP contribution in [0.4, 0.5) is 0 Å². The lowest BCUT2D eigenvalue weighted by molar-refractivity contribution is -0.127. The van der Waals surface area contributed by atoms with E-state index in [0.29, 0.717) is 0 Å². The van der Waals surface area contributed by atoms with E-state index in [2.05, 4.69) is 6.92 Å². The molecule has 19 heavy (non-hydrogen) atoms. The molecule has 1 saturated heterocycles. The lowest BCUT2D eigenvalue weighted by Gasteiger charge is -2.29. The van der Waals surface area contributed by atoms with Crippen molar-refractivity contribution in [3.63, 3.8) is 0 Å². The number of halogens is 1. The van der Waals surface area contributed by atoms with Crippen LogP contribution in [-0.4, -0.2) is 23.9 Å². The van der Waals surface area contributed by atoms with E-state index in [1.807, 2.05) is 36.1 Å². The lowest BCUT2D eigenvalue weighted by atomic mass is 9.99. The highest BCUT2D eigenvalue weighted by Gasteiger charge is 2.18. The maximum Gasteiger partial charge on any atom is 0.246 e. The van der Waals surface area contributed by atoms with Gasteiger partial charge in [0, 0.05) is 24.2 Å². The van der Waals surface area contributed by atoms with Crippen molar-refractivity contribution in [3.05, 3.63) is 40.4 Å². The standard InChI is InChI=1S/C16H20ClNO/c1-12-7-9-18(10-8-12)16(19)6-5-14-4-3-13(2)15(17)11-14/h3-6,11-12H,7-10H2,1-2H3/b6-5+. The molecule has 0 bridgehead atoms. The second-order valence-corrected chi connectivity index (χ2v) is 5.76. The number of carbonyl (C=O) groups excluding carboxylic acids is 1. The molecule has 2 rings (SSSR count). The molecule has 0 saturated carbocycles. The normalized spacial score (nSPS) is 17.1. The smallest absolute Gasteiger partial charge is 0.246 e. The van der Waals surface area contributed by atoms with Gasteiger partial charge in [-0.15, -0.1) is 0 Å². The third-order valence-corrected chi connectivity index (χ3v) is 4.12. The van der Waals surface area contributed by atoms with Gasteiger partial charge in [0.15, 0.2) is 0 Å². The maximum atomic E-state index is 12.0. The molecule has 1 heterocycles. The van der Waals surface area contributed by atoms with Crippen molar-refractivity contribution in [1.29, 1.82) is 0 Å². The quantitative estimate of drug-likeness (QED) is 0.751. The van der Waals surface area contributed by atoms with E-state index in [1.54, 1.807) is 6.08 Å². The summed E-state index contributed by atoms with van der Waals surface area (Å²) in [6.45, 7) is 5.96. The fraction of sp³-hybridized carbons (Fsp3) is 0.438. The molecular weight excluding hydrogens is 258 g/mol. The van der Waals surface area contributed by atoms with Gasteiger partial charge in [-0.2, -0.15) is 0 Å². The topological polar surface area (TPSA) is 20.3 Å². The third-order valence-electron chi connectivity index (χ3n) is 3.71. The van der Waals surface area contributed by atoms with Crippen LogP contribution < -0.4 is 0 Å². The SMILES string of the molecule is Cc1ccc(/C=C/C(=O)N2CCC(C)CC2)cc1Cl. The first kappa shape index (κ1) is 14.1. The first-order valence-corrected chi connectivity index (χ1v) is 7.17. The molecule has 102 valence electrons. The fourth-order valence-electron chi connectivity index (χ4n) is 2.21. The molecule has 3 heteroatoms. The van der Waals surface area contributed by atoms with Crippen molar-refractivity contribution in [2.24, 2.45) is 5.92 Å². The molecule has 0 radical (unpaired) electrons. The Morgan fingerprint density at radius 2 is 2.05 bits per heavy atom. The minimum absolute atomic E-state index is 0.101. The molecule has 0 aliphatic carbocycles. The number of aryl methyl sites for hydroxylation is 1. The number of hydrogen-bond donors (Lipinski definition) is 0. The molecule has 0 aromatic heterocycles. The minimum atomic E-state index is 0.101. The second-order valence-electron chi connectivity index (χ2n) is 5.35. The van der Waals surface area contributed by atoms with E-state index in [4.69, 9.17) is 11.6 Å². The van der Waals surface area contributed by atoms with Gasteiger partial charge in [0.25, 0.3) is 0 Å². The van der Waals surface area contributed by atoms with Crippen molar-refractivity contribution >= 4 is 23.6 Å². The van der Waals surface area contributed by atoms with Crippen LogP contribution in [0.1, 0.15) is 30.9 Å². The molecule has 1 amide bonds. The molecule has 1 aromatic rings. The van der Waals surface area contributed by atoms with Crippen LogP contribution in [0, 0.1) is 12.8 Å². The van der Waals surface area contributed by atoms with Crippen molar-refractivity contribution in [3.8, 4) is 0 Å². The number of carbonyl (C=O) groups is 1. The van der Waals surface area contributed by atoms with Crippen LogP contribution in [-0.2, 0) is 4.79 Å². The Morgan fingerprint density at radius 3 is 2.68 bits per heavy atom. The molecule has 1 aliphatic heterocycles. The average molecular weight is 278 g/mol. The Morgan fingerprint density at radius 1 is 1.37 bits per heavy atom. The van der Waals surface area contributed by atoms with Gasteiger partial charge in [-0.1, -0.05) is 30.7 Å². The third kappa shape index (κ3) is 3.84. The van der Waals surface area contributed by atoms with E-state index in [1.165, 1.54) is 0 Å². The van der Waals surface area contributed by atoms with Crippen LogP contribution in [0.25, 0.3) is 6.08 Å². The summed E-state index contributed by atoms with van der Waals surface area (Å²) in [6.07, 6.45) is 5.70. The zero-order valence-electron chi connectivity index (χ0n) is 11.5. The van der Waals surface area contributed by atoms with E-state index < -0.39 is 0 Å². The van der Waals surface area contributed by atoms with Crippen molar-refractivity contribution in [2.75, 3.05) is 13.1 Å². The number of likely N-dealkylation sites (tertiary alicyclic amines) is 1. The number of nitrogens with zero attached hydrogens (tertiary/aromatic N) is 1. The number of hydrogen-bond acceptors (Lipinski definition) is 1. The molecular formula is C16H20ClNO. The zero-order valence-corrected chi connectivity index (χ0v) is 12.3.